The third kappa shape index (κ3) is 3.30. The Morgan fingerprint density at radius 2 is 1.95 bits per heavy atom. The van der Waals surface area contributed by atoms with E-state index in [1.165, 1.54) is 20.9 Å². The van der Waals surface area contributed by atoms with Crippen LogP contribution in [0.3, 0.4) is 0 Å². The summed E-state index contributed by atoms with van der Waals surface area (Å²) in [7, 11) is 1.96. The average molecular weight is 291 g/mol. The lowest BCUT2D eigenvalue weighted by molar-refractivity contribution is 0.374. The van der Waals surface area contributed by atoms with Gasteiger partial charge in [0.25, 0.3) is 0 Å². The van der Waals surface area contributed by atoms with Crippen LogP contribution in [0.5, 0.6) is 0 Å². The molecule has 0 saturated carbocycles. The lowest BCUT2D eigenvalue weighted by Crippen LogP contribution is -2.28. The molecule has 2 aromatic heterocycles. The topological polar surface area (TPSA) is 29.9 Å². The molecule has 2 atom stereocenters. The molecular weight excluding hydrogens is 266 g/mol. The number of aryl methyl sites for hydroxylation is 3. The number of rotatable bonds is 5. The third-order valence-corrected chi connectivity index (χ3v) is 4.72. The SMILES string of the molecule is Cc1cc(C(NC(C)c2cnn(C)c2)C(C)C)c(C)s1. The molecule has 0 spiro atoms. The first-order valence-corrected chi connectivity index (χ1v) is 8.01. The Balaban J connectivity index is 2.20. The van der Waals surface area contributed by atoms with Crippen molar-refractivity contribution in [2.75, 3.05) is 0 Å². The molecule has 2 unspecified atom stereocenters. The maximum atomic E-state index is 4.26. The second kappa shape index (κ2) is 6.10. The number of nitrogens with zero attached hydrogens (tertiary/aromatic N) is 2. The molecule has 0 fully saturated rings. The molecule has 0 bridgehead atoms. The zero-order valence-electron chi connectivity index (χ0n) is 13.3. The molecule has 2 aromatic rings. The van der Waals surface area contributed by atoms with Crippen LogP contribution in [0.2, 0.25) is 0 Å². The lowest BCUT2D eigenvalue weighted by Gasteiger charge is -2.26. The summed E-state index contributed by atoms with van der Waals surface area (Å²) < 4.78 is 1.86. The highest BCUT2D eigenvalue weighted by molar-refractivity contribution is 7.12. The summed E-state index contributed by atoms with van der Waals surface area (Å²) in [6.07, 6.45) is 4.03. The quantitative estimate of drug-likeness (QED) is 0.897. The highest BCUT2D eigenvalue weighted by Gasteiger charge is 2.22. The molecular formula is C16H25N3S. The largest absolute Gasteiger partial charge is 0.303 e. The maximum Gasteiger partial charge on any atom is 0.0537 e. The predicted octanol–water partition coefficient (Wildman–Crippen LogP) is 4.15. The smallest absolute Gasteiger partial charge is 0.0537 e. The van der Waals surface area contributed by atoms with Gasteiger partial charge in [0.05, 0.1) is 6.20 Å². The van der Waals surface area contributed by atoms with Crippen molar-refractivity contribution in [3.8, 4) is 0 Å². The molecule has 0 aliphatic carbocycles. The lowest BCUT2D eigenvalue weighted by atomic mass is 9.95. The Labute approximate surface area is 126 Å². The van der Waals surface area contributed by atoms with Crippen LogP contribution in [0.1, 0.15) is 53.7 Å². The van der Waals surface area contributed by atoms with E-state index in [-0.39, 0.29) is 0 Å². The summed E-state index contributed by atoms with van der Waals surface area (Å²) in [5, 5.41) is 8.03. The number of hydrogen-bond donors (Lipinski definition) is 1. The van der Waals surface area contributed by atoms with E-state index in [1.807, 2.05) is 29.3 Å². The van der Waals surface area contributed by atoms with Crippen molar-refractivity contribution in [2.24, 2.45) is 13.0 Å². The summed E-state index contributed by atoms with van der Waals surface area (Å²) in [5.41, 5.74) is 2.68. The molecule has 4 heteroatoms. The zero-order chi connectivity index (χ0) is 14.9. The summed E-state index contributed by atoms with van der Waals surface area (Å²) in [6, 6.07) is 3.01. The molecule has 2 heterocycles. The van der Waals surface area contributed by atoms with E-state index in [0.717, 1.165) is 0 Å². The fraction of sp³-hybridized carbons (Fsp3) is 0.562. The molecule has 20 heavy (non-hydrogen) atoms. The second-order valence-corrected chi connectivity index (χ2v) is 7.39. The zero-order valence-corrected chi connectivity index (χ0v) is 14.1. The Morgan fingerprint density at radius 1 is 1.25 bits per heavy atom. The highest BCUT2D eigenvalue weighted by Crippen LogP contribution is 2.32. The normalized spacial score (nSPS) is 14.8. The summed E-state index contributed by atoms with van der Waals surface area (Å²) >= 11 is 1.89. The second-order valence-electron chi connectivity index (χ2n) is 5.93. The van der Waals surface area contributed by atoms with Crippen LogP contribution < -0.4 is 5.32 Å². The van der Waals surface area contributed by atoms with Crippen LogP contribution in [0.4, 0.5) is 0 Å². The van der Waals surface area contributed by atoms with Gasteiger partial charge in [0.15, 0.2) is 0 Å². The fourth-order valence-corrected chi connectivity index (χ4v) is 3.60. The van der Waals surface area contributed by atoms with Crippen molar-refractivity contribution in [1.29, 1.82) is 0 Å². The molecule has 0 aliphatic rings. The van der Waals surface area contributed by atoms with E-state index in [2.05, 4.69) is 57.3 Å². The van der Waals surface area contributed by atoms with E-state index in [1.54, 1.807) is 0 Å². The summed E-state index contributed by atoms with van der Waals surface area (Å²) in [6.45, 7) is 11.2. The van der Waals surface area contributed by atoms with Crippen LogP contribution in [0, 0.1) is 19.8 Å². The van der Waals surface area contributed by atoms with Crippen molar-refractivity contribution in [1.82, 2.24) is 15.1 Å². The van der Waals surface area contributed by atoms with Crippen LogP contribution in [-0.2, 0) is 7.05 Å². The van der Waals surface area contributed by atoms with Gasteiger partial charge >= 0.3 is 0 Å². The van der Waals surface area contributed by atoms with Crippen LogP contribution in [0.15, 0.2) is 18.5 Å². The summed E-state index contributed by atoms with van der Waals surface area (Å²) in [5.74, 6) is 0.557. The molecule has 2 rings (SSSR count). The minimum absolute atomic E-state index is 0.302. The van der Waals surface area contributed by atoms with E-state index in [0.29, 0.717) is 18.0 Å². The Hall–Kier alpha value is -1.13. The van der Waals surface area contributed by atoms with Gasteiger partial charge in [-0.2, -0.15) is 5.10 Å². The van der Waals surface area contributed by atoms with Gasteiger partial charge in [-0.25, -0.2) is 0 Å². The van der Waals surface area contributed by atoms with Crippen molar-refractivity contribution >= 4 is 11.3 Å². The Morgan fingerprint density at radius 3 is 2.40 bits per heavy atom. The first-order valence-electron chi connectivity index (χ1n) is 7.20. The van der Waals surface area contributed by atoms with Gasteiger partial charge in [-0.1, -0.05) is 13.8 Å². The molecule has 0 amide bonds. The van der Waals surface area contributed by atoms with Gasteiger partial charge in [-0.15, -0.1) is 11.3 Å². The molecule has 0 saturated heterocycles. The molecule has 3 nitrogen and oxygen atoms in total. The van der Waals surface area contributed by atoms with Gasteiger partial charge in [-0.05, 0) is 38.3 Å². The van der Waals surface area contributed by atoms with Gasteiger partial charge in [-0.3, -0.25) is 4.68 Å². The Bertz CT molecular complexity index is 568. The van der Waals surface area contributed by atoms with E-state index in [4.69, 9.17) is 0 Å². The van der Waals surface area contributed by atoms with Crippen LogP contribution in [0.25, 0.3) is 0 Å². The highest BCUT2D eigenvalue weighted by atomic mass is 32.1. The number of hydrogen-bond acceptors (Lipinski definition) is 3. The van der Waals surface area contributed by atoms with E-state index < -0.39 is 0 Å². The fourth-order valence-electron chi connectivity index (χ4n) is 2.63. The van der Waals surface area contributed by atoms with Crippen molar-refractivity contribution in [3.63, 3.8) is 0 Å². The standard InChI is InChI=1S/C16H25N3S/c1-10(2)16(15-7-11(3)20-13(15)5)18-12(4)14-8-17-19(6)9-14/h7-10,12,16,18H,1-6H3. The molecule has 0 aromatic carbocycles. The monoisotopic (exact) mass is 291 g/mol. The van der Waals surface area contributed by atoms with Crippen molar-refractivity contribution < 1.29 is 0 Å². The molecule has 110 valence electrons. The van der Waals surface area contributed by atoms with Crippen molar-refractivity contribution in [3.05, 3.63) is 39.3 Å². The maximum absolute atomic E-state index is 4.26. The van der Waals surface area contributed by atoms with E-state index in [9.17, 15) is 0 Å². The third-order valence-electron chi connectivity index (χ3n) is 3.74. The molecule has 1 N–H and O–H groups in total. The van der Waals surface area contributed by atoms with Crippen LogP contribution in [-0.4, -0.2) is 9.78 Å². The Kier molecular flexibility index (Phi) is 4.66. The van der Waals surface area contributed by atoms with Gasteiger partial charge in [0.2, 0.25) is 0 Å². The number of aromatic nitrogens is 2. The van der Waals surface area contributed by atoms with E-state index >= 15 is 0 Å². The number of thiophene rings is 1. The minimum Gasteiger partial charge on any atom is -0.303 e. The number of nitrogens with one attached hydrogen (secondary N) is 1. The van der Waals surface area contributed by atoms with Gasteiger partial charge in [0, 0.05) is 40.6 Å². The summed E-state index contributed by atoms with van der Waals surface area (Å²) in [4.78, 5) is 2.81. The minimum atomic E-state index is 0.302. The van der Waals surface area contributed by atoms with Gasteiger partial charge in [0.1, 0.15) is 0 Å². The molecule has 0 radical (unpaired) electrons. The average Bonchev–Trinajstić information content (AvgIpc) is 2.92. The van der Waals surface area contributed by atoms with Crippen LogP contribution >= 0.6 is 11.3 Å². The first kappa shape index (κ1) is 15.3. The van der Waals surface area contributed by atoms with Crippen molar-refractivity contribution in [2.45, 2.75) is 46.7 Å². The molecule has 0 aliphatic heterocycles. The van der Waals surface area contributed by atoms with Gasteiger partial charge < -0.3 is 5.32 Å². The predicted molar refractivity (Wildman–Crippen MR) is 86.1 cm³/mol. The first-order chi connectivity index (χ1) is 9.38.